The van der Waals surface area contributed by atoms with Gasteiger partial charge in [-0.2, -0.15) is 0 Å². The molecular weight excluding hydrogens is 302 g/mol. The average molecular weight is 327 g/mol. The number of nitrogens with zero attached hydrogens (tertiary/aromatic N) is 2. The van der Waals surface area contributed by atoms with E-state index in [0.717, 1.165) is 30.6 Å². The van der Waals surface area contributed by atoms with E-state index in [2.05, 4.69) is 17.4 Å². The van der Waals surface area contributed by atoms with Crippen molar-refractivity contribution in [3.05, 3.63) is 29.8 Å². The summed E-state index contributed by atoms with van der Waals surface area (Å²) in [6, 6.07) is 8.53. The molecule has 2 amide bonds. The predicted molar refractivity (Wildman–Crippen MR) is 92.4 cm³/mol. The van der Waals surface area contributed by atoms with E-state index in [-0.39, 0.29) is 17.7 Å². The maximum absolute atomic E-state index is 13.0. The van der Waals surface area contributed by atoms with Gasteiger partial charge < -0.3 is 15.1 Å². The number of para-hydroxylation sites is 1. The maximum atomic E-state index is 13.0. The molecule has 1 aromatic carbocycles. The first-order valence-electron chi connectivity index (χ1n) is 9.12. The number of benzene rings is 1. The molecule has 1 atom stereocenters. The fourth-order valence-electron chi connectivity index (χ4n) is 4.35. The molecule has 24 heavy (non-hydrogen) atoms. The fourth-order valence-corrected chi connectivity index (χ4v) is 4.35. The lowest BCUT2D eigenvalue weighted by Gasteiger charge is -2.26. The van der Waals surface area contributed by atoms with Crippen molar-refractivity contribution in [2.24, 2.45) is 5.92 Å². The van der Waals surface area contributed by atoms with Crippen molar-refractivity contribution in [3.63, 3.8) is 0 Å². The topological polar surface area (TPSA) is 52.7 Å². The molecule has 2 fully saturated rings. The van der Waals surface area contributed by atoms with E-state index in [4.69, 9.17) is 0 Å². The monoisotopic (exact) mass is 327 g/mol. The van der Waals surface area contributed by atoms with Gasteiger partial charge in [0.05, 0.1) is 5.92 Å². The number of hydrogen-bond acceptors (Lipinski definition) is 3. The van der Waals surface area contributed by atoms with Crippen LogP contribution in [-0.2, 0) is 16.1 Å². The minimum Gasteiger partial charge on any atom is -0.383 e. The van der Waals surface area contributed by atoms with Gasteiger partial charge in [0.15, 0.2) is 0 Å². The van der Waals surface area contributed by atoms with Gasteiger partial charge >= 0.3 is 0 Å². The van der Waals surface area contributed by atoms with Crippen LogP contribution in [0.4, 0.5) is 5.69 Å². The van der Waals surface area contributed by atoms with Crippen LogP contribution < -0.4 is 5.32 Å². The van der Waals surface area contributed by atoms with Gasteiger partial charge in [0.25, 0.3) is 0 Å². The molecule has 2 heterocycles. The van der Waals surface area contributed by atoms with Gasteiger partial charge in [0.2, 0.25) is 11.8 Å². The van der Waals surface area contributed by atoms with E-state index in [0.29, 0.717) is 32.1 Å². The van der Waals surface area contributed by atoms with Crippen LogP contribution in [0.3, 0.4) is 0 Å². The standard InChI is InChI=1S/C19H25N3O2/c23-18-11-15(13-22(18)16-6-2-3-7-16)19(24)21-10-9-20-17-8-4-1-5-14(17)12-21/h1,4-5,8,15-16,20H,2-3,6-7,9-13H2. The van der Waals surface area contributed by atoms with Gasteiger partial charge in [-0.1, -0.05) is 31.0 Å². The van der Waals surface area contributed by atoms with Gasteiger partial charge in [-0.15, -0.1) is 0 Å². The number of nitrogens with one attached hydrogen (secondary N) is 1. The first kappa shape index (κ1) is 15.5. The number of rotatable bonds is 2. The van der Waals surface area contributed by atoms with Gasteiger partial charge in [-0.3, -0.25) is 9.59 Å². The minimum absolute atomic E-state index is 0.141. The number of carbonyl (C=O) groups excluding carboxylic acids is 2. The van der Waals surface area contributed by atoms with Crippen molar-refractivity contribution in [2.75, 3.05) is 25.0 Å². The third kappa shape index (κ3) is 2.87. The maximum Gasteiger partial charge on any atom is 0.228 e. The Balaban J connectivity index is 1.45. The van der Waals surface area contributed by atoms with Crippen molar-refractivity contribution in [1.29, 1.82) is 0 Å². The van der Waals surface area contributed by atoms with E-state index in [9.17, 15) is 9.59 Å². The Hall–Kier alpha value is -2.04. The first-order chi connectivity index (χ1) is 11.7. The summed E-state index contributed by atoms with van der Waals surface area (Å²) >= 11 is 0. The highest BCUT2D eigenvalue weighted by Crippen LogP contribution is 2.31. The summed E-state index contributed by atoms with van der Waals surface area (Å²) in [7, 11) is 0. The first-order valence-corrected chi connectivity index (χ1v) is 9.12. The molecule has 0 radical (unpaired) electrons. The number of hydrogen-bond donors (Lipinski definition) is 1. The minimum atomic E-state index is -0.164. The van der Waals surface area contributed by atoms with E-state index >= 15 is 0 Å². The van der Waals surface area contributed by atoms with Crippen LogP contribution in [0.2, 0.25) is 0 Å². The highest BCUT2D eigenvalue weighted by Gasteiger charge is 2.40. The van der Waals surface area contributed by atoms with Crippen LogP contribution >= 0.6 is 0 Å². The normalized spacial score (nSPS) is 24.7. The number of fused-ring (bicyclic) bond motifs is 1. The van der Waals surface area contributed by atoms with Gasteiger partial charge in [-0.25, -0.2) is 0 Å². The summed E-state index contributed by atoms with van der Waals surface area (Å²) in [5.41, 5.74) is 2.27. The second kappa shape index (κ2) is 6.46. The lowest BCUT2D eigenvalue weighted by atomic mass is 10.1. The zero-order valence-corrected chi connectivity index (χ0v) is 14.0. The Labute approximate surface area is 143 Å². The fraction of sp³-hybridized carbons (Fsp3) is 0.579. The van der Waals surface area contributed by atoms with Crippen LogP contribution in [0, 0.1) is 5.92 Å². The number of anilines is 1. The number of likely N-dealkylation sites (tertiary alicyclic amines) is 1. The zero-order valence-electron chi connectivity index (χ0n) is 14.0. The summed E-state index contributed by atoms with van der Waals surface area (Å²) in [5.74, 6) is 0.152. The predicted octanol–water partition coefficient (Wildman–Crippen LogP) is 2.23. The summed E-state index contributed by atoms with van der Waals surface area (Å²) in [4.78, 5) is 29.3. The zero-order chi connectivity index (χ0) is 16.5. The molecule has 1 saturated carbocycles. The second-order valence-electron chi connectivity index (χ2n) is 7.23. The molecule has 3 aliphatic rings. The largest absolute Gasteiger partial charge is 0.383 e. The van der Waals surface area contributed by atoms with Gasteiger partial charge in [0, 0.05) is 44.3 Å². The molecular formula is C19H25N3O2. The van der Waals surface area contributed by atoms with Crippen LogP contribution in [0.25, 0.3) is 0 Å². The molecule has 128 valence electrons. The summed E-state index contributed by atoms with van der Waals surface area (Å²) in [6.07, 6.45) is 5.02. The molecule has 1 N–H and O–H groups in total. The Kier molecular flexibility index (Phi) is 4.17. The molecule has 0 aromatic heterocycles. The molecule has 5 nitrogen and oxygen atoms in total. The average Bonchev–Trinajstić information content (AvgIpc) is 3.18. The highest BCUT2D eigenvalue weighted by atomic mass is 16.2. The molecule has 1 aliphatic carbocycles. The van der Waals surface area contributed by atoms with E-state index in [1.54, 1.807) is 0 Å². The number of carbonyl (C=O) groups is 2. The lowest BCUT2D eigenvalue weighted by molar-refractivity contribution is -0.136. The quantitative estimate of drug-likeness (QED) is 0.906. The second-order valence-corrected chi connectivity index (χ2v) is 7.23. The third-order valence-electron chi connectivity index (χ3n) is 5.66. The molecule has 5 heteroatoms. The third-order valence-corrected chi connectivity index (χ3v) is 5.66. The summed E-state index contributed by atoms with van der Waals surface area (Å²) < 4.78 is 0. The van der Waals surface area contributed by atoms with Crippen LogP contribution in [0.1, 0.15) is 37.7 Å². The van der Waals surface area contributed by atoms with Crippen molar-refractivity contribution in [2.45, 2.75) is 44.7 Å². The molecule has 0 spiro atoms. The molecule has 1 unspecified atom stereocenters. The van der Waals surface area contributed by atoms with E-state index in [1.165, 1.54) is 12.8 Å². The van der Waals surface area contributed by atoms with E-state index < -0.39 is 0 Å². The SMILES string of the molecule is O=C(C1CC(=O)N(C2CCCC2)C1)N1CCNc2ccccc2C1. The smallest absolute Gasteiger partial charge is 0.228 e. The molecule has 1 saturated heterocycles. The summed E-state index contributed by atoms with van der Waals surface area (Å²) in [6.45, 7) is 2.71. The Morgan fingerprint density at radius 1 is 1.17 bits per heavy atom. The Morgan fingerprint density at radius 3 is 2.79 bits per heavy atom. The molecule has 4 rings (SSSR count). The van der Waals surface area contributed by atoms with Crippen molar-refractivity contribution in [1.82, 2.24) is 9.80 Å². The van der Waals surface area contributed by atoms with Crippen LogP contribution in [0.5, 0.6) is 0 Å². The highest BCUT2D eigenvalue weighted by molar-refractivity contribution is 5.89. The molecule has 0 bridgehead atoms. The van der Waals surface area contributed by atoms with Crippen molar-refractivity contribution >= 4 is 17.5 Å². The van der Waals surface area contributed by atoms with E-state index in [1.807, 2.05) is 21.9 Å². The number of amides is 2. The van der Waals surface area contributed by atoms with Crippen LogP contribution in [-0.4, -0.2) is 47.3 Å². The van der Waals surface area contributed by atoms with Gasteiger partial charge in [0.1, 0.15) is 0 Å². The van der Waals surface area contributed by atoms with Crippen molar-refractivity contribution < 1.29 is 9.59 Å². The molecule has 2 aliphatic heterocycles. The van der Waals surface area contributed by atoms with Crippen molar-refractivity contribution in [3.8, 4) is 0 Å². The van der Waals surface area contributed by atoms with Crippen LogP contribution in [0.15, 0.2) is 24.3 Å². The Morgan fingerprint density at radius 2 is 1.96 bits per heavy atom. The van der Waals surface area contributed by atoms with Gasteiger partial charge in [-0.05, 0) is 24.5 Å². The Bertz CT molecular complexity index is 639. The molecule has 1 aromatic rings. The summed E-state index contributed by atoms with van der Waals surface area (Å²) in [5, 5.41) is 3.39. The lowest BCUT2D eigenvalue weighted by Crippen LogP contribution is -2.39.